The van der Waals surface area contributed by atoms with Gasteiger partial charge in [-0.2, -0.15) is 14.9 Å². The van der Waals surface area contributed by atoms with Crippen LogP contribution in [0.25, 0.3) is 16.0 Å². The van der Waals surface area contributed by atoms with Crippen LogP contribution in [0.5, 0.6) is 0 Å². The molecular weight excluding hydrogens is 384 g/mol. The lowest BCUT2D eigenvalue weighted by Gasteiger charge is -2.14. The van der Waals surface area contributed by atoms with Gasteiger partial charge in [-0.25, -0.2) is 9.67 Å². The summed E-state index contributed by atoms with van der Waals surface area (Å²) in [6, 6.07) is 6.24. The third-order valence-electron chi connectivity index (χ3n) is 4.99. The summed E-state index contributed by atoms with van der Waals surface area (Å²) in [4.78, 5) is 19.0. The van der Waals surface area contributed by atoms with Crippen molar-refractivity contribution in [2.75, 3.05) is 0 Å². The molecule has 0 aliphatic rings. The van der Waals surface area contributed by atoms with E-state index in [4.69, 9.17) is 0 Å². The van der Waals surface area contributed by atoms with E-state index in [2.05, 4.69) is 53.5 Å². The van der Waals surface area contributed by atoms with E-state index in [-0.39, 0.29) is 11.6 Å². The number of aryl methyl sites for hydroxylation is 2. The largest absolute Gasteiger partial charge is 0.303 e. The van der Waals surface area contributed by atoms with E-state index in [0.717, 1.165) is 38.9 Å². The van der Waals surface area contributed by atoms with Gasteiger partial charge in [-0.3, -0.25) is 4.79 Å². The highest BCUT2D eigenvalue weighted by Gasteiger charge is 2.15. The van der Waals surface area contributed by atoms with Gasteiger partial charge in [0.05, 0.1) is 17.8 Å². The molecule has 150 valence electrons. The first-order chi connectivity index (χ1) is 13.9. The molecule has 4 aromatic rings. The Morgan fingerprint density at radius 2 is 2.07 bits per heavy atom. The smallest absolute Gasteiger partial charge is 0.282 e. The standard InChI is InChI=1S/C21H24N6OS/c1-6-17-10-18-20(29-17)22-12-25(21(18)28)24-11-16-9-14(4)26(15(16)5)19-7-8-23-27(19)13(2)3/h7-13H,6H2,1-5H3/b24-11-. The van der Waals surface area contributed by atoms with E-state index < -0.39 is 0 Å². The number of hydrogen-bond donors (Lipinski definition) is 0. The first-order valence-corrected chi connectivity index (χ1v) is 10.5. The second kappa shape index (κ2) is 7.44. The van der Waals surface area contributed by atoms with Gasteiger partial charge in [0, 0.05) is 33.9 Å². The molecule has 0 saturated carbocycles. The van der Waals surface area contributed by atoms with Crippen molar-refractivity contribution in [1.29, 1.82) is 0 Å². The molecule has 4 heterocycles. The Morgan fingerprint density at radius 1 is 1.28 bits per heavy atom. The van der Waals surface area contributed by atoms with E-state index >= 15 is 0 Å². The number of thiophene rings is 1. The maximum Gasteiger partial charge on any atom is 0.282 e. The van der Waals surface area contributed by atoms with Crippen molar-refractivity contribution < 1.29 is 0 Å². The fourth-order valence-corrected chi connectivity index (χ4v) is 4.42. The average Bonchev–Trinajstić information content (AvgIpc) is 3.39. The van der Waals surface area contributed by atoms with Crippen molar-refractivity contribution in [3.05, 3.63) is 62.9 Å². The summed E-state index contributed by atoms with van der Waals surface area (Å²) in [6.45, 7) is 10.4. The molecule has 29 heavy (non-hydrogen) atoms. The zero-order chi connectivity index (χ0) is 20.7. The van der Waals surface area contributed by atoms with E-state index in [1.165, 1.54) is 11.0 Å². The van der Waals surface area contributed by atoms with Crippen molar-refractivity contribution in [3.63, 3.8) is 0 Å². The number of rotatable bonds is 5. The number of fused-ring (bicyclic) bond motifs is 1. The molecule has 8 heteroatoms. The lowest BCUT2D eigenvalue weighted by molar-refractivity contribution is 0.519. The molecule has 0 spiro atoms. The van der Waals surface area contributed by atoms with Crippen LogP contribution in [0.3, 0.4) is 0 Å². The van der Waals surface area contributed by atoms with Gasteiger partial charge < -0.3 is 4.57 Å². The van der Waals surface area contributed by atoms with Gasteiger partial charge in [0.1, 0.15) is 17.0 Å². The maximum absolute atomic E-state index is 12.7. The third-order valence-corrected chi connectivity index (χ3v) is 6.18. The van der Waals surface area contributed by atoms with Gasteiger partial charge in [0.15, 0.2) is 0 Å². The Labute approximate surface area is 172 Å². The van der Waals surface area contributed by atoms with E-state index in [1.807, 2.05) is 29.9 Å². The Kier molecular flexibility index (Phi) is 4.96. The minimum atomic E-state index is -0.145. The van der Waals surface area contributed by atoms with Crippen molar-refractivity contribution in [3.8, 4) is 5.82 Å². The van der Waals surface area contributed by atoms with Crippen LogP contribution in [0.4, 0.5) is 0 Å². The highest BCUT2D eigenvalue weighted by Crippen LogP contribution is 2.22. The van der Waals surface area contributed by atoms with Crippen LogP contribution < -0.4 is 5.56 Å². The summed E-state index contributed by atoms with van der Waals surface area (Å²) < 4.78 is 5.45. The van der Waals surface area contributed by atoms with Gasteiger partial charge in [0.2, 0.25) is 0 Å². The third kappa shape index (κ3) is 3.33. The van der Waals surface area contributed by atoms with Gasteiger partial charge in [0.25, 0.3) is 5.56 Å². The molecule has 0 fully saturated rings. The van der Waals surface area contributed by atoms with Crippen LogP contribution in [0.1, 0.15) is 48.6 Å². The number of aromatic nitrogens is 5. The number of nitrogens with zero attached hydrogens (tertiary/aromatic N) is 6. The van der Waals surface area contributed by atoms with Gasteiger partial charge >= 0.3 is 0 Å². The Hall–Kier alpha value is -3.00. The molecule has 0 N–H and O–H groups in total. The second-order valence-electron chi connectivity index (χ2n) is 7.31. The molecule has 0 radical (unpaired) electrons. The minimum Gasteiger partial charge on any atom is -0.303 e. The van der Waals surface area contributed by atoms with E-state index in [1.54, 1.807) is 17.6 Å². The Balaban J connectivity index is 1.73. The van der Waals surface area contributed by atoms with Crippen LogP contribution in [0, 0.1) is 13.8 Å². The zero-order valence-corrected chi connectivity index (χ0v) is 18.1. The topological polar surface area (TPSA) is 70.0 Å². The van der Waals surface area contributed by atoms with Crippen molar-refractivity contribution in [2.45, 2.75) is 47.1 Å². The maximum atomic E-state index is 12.7. The summed E-state index contributed by atoms with van der Waals surface area (Å²) >= 11 is 1.56. The highest BCUT2D eigenvalue weighted by molar-refractivity contribution is 7.18. The summed E-state index contributed by atoms with van der Waals surface area (Å²) in [5.74, 6) is 1.01. The first-order valence-electron chi connectivity index (χ1n) is 9.68. The fourth-order valence-electron chi connectivity index (χ4n) is 3.50. The summed E-state index contributed by atoms with van der Waals surface area (Å²) in [5.41, 5.74) is 2.93. The van der Waals surface area contributed by atoms with Crippen molar-refractivity contribution >= 4 is 27.8 Å². The molecule has 0 unspecified atom stereocenters. The quantitative estimate of drug-likeness (QED) is 0.467. The van der Waals surface area contributed by atoms with E-state index in [0.29, 0.717) is 5.39 Å². The summed E-state index contributed by atoms with van der Waals surface area (Å²) in [6.07, 6.45) is 5.91. The number of hydrogen-bond acceptors (Lipinski definition) is 5. The summed E-state index contributed by atoms with van der Waals surface area (Å²) in [7, 11) is 0. The van der Waals surface area contributed by atoms with Crippen LogP contribution in [0.2, 0.25) is 0 Å². The molecule has 0 aliphatic carbocycles. The molecule has 0 saturated heterocycles. The van der Waals surface area contributed by atoms with Crippen LogP contribution in [0.15, 0.2) is 40.6 Å². The highest BCUT2D eigenvalue weighted by atomic mass is 32.1. The molecule has 4 aromatic heterocycles. The predicted molar refractivity (Wildman–Crippen MR) is 118 cm³/mol. The molecule has 0 bridgehead atoms. The van der Waals surface area contributed by atoms with Crippen LogP contribution in [-0.4, -0.2) is 30.2 Å². The monoisotopic (exact) mass is 408 g/mol. The van der Waals surface area contributed by atoms with Gasteiger partial charge in [-0.05, 0) is 46.2 Å². The normalized spacial score (nSPS) is 12.1. The van der Waals surface area contributed by atoms with Crippen molar-refractivity contribution in [2.24, 2.45) is 5.10 Å². The van der Waals surface area contributed by atoms with Gasteiger partial charge in [-0.15, -0.1) is 11.3 Å². The van der Waals surface area contributed by atoms with E-state index in [9.17, 15) is 4.79 Å². The molecule has 0 aliphatic heterocycles. The van der Waals surface area contributed by atoms with Gasteiger partial charge in [-0.1, -0.05) is 6.92 Å². The average molecular weight is 409 g/mol. The fraction of sp³-hybridized carbons (Fsp3) is 0.333. The summed E-state index contributed by atoms with van der Waals surface area (Å²) in [5, 5.41) is 9.46. The molecule has 7 nitrogen and oxygen atoms in total. The Bertz CT molecular complexity index is 1270. The lowest BCUT2D eigenvalue weighted by Crippen LogP contribution is -2.16. The molecular formula is C21H24N6OS. The molecule has 0 amide bonds. The first kappa shape index (κ1) is 19.3. The van der Waals surface area contributed by atoms with Crippen LogP contribution >= 0.6 is 11.3 Å². The lowest BCUT2D eigenvalue weighted by atomic mass is 10.3. The predicted octanol–water partition coefficient (Wildman–Crippen LogP) is 4.09. The van der Waals surface area contributed by atoms with Crippen molar-refractivity contribution in [1.82, 2.24) is 24.0 Å². The minimum absolute atomic E-state index is 0.145. The Morgan fingerprint density at radius 3 is 2.79 bits per heavy atom. The zero-order valence-electron chi connectivity index (χ0n) is 17.2. The second-order valence-corrected chi connectivity index (χ2v) is 8.43. The molecule has 4 rings (SSSR count). The molecule has 0 aromatic carbocycles. The van der Waals surface area contributed by atoms with Crippen LogP contribution in [-0.2, 0) is 6.42 Å². The molecule has 0 atom stereocenters. The SMILES string of the molecule is CCc1cc2c(=O)n(/N=C\c3cc(C)n(-c4ccnn4C(C)C)c3C)cnc2s1.